The molecule has 0 bridgehead atoms. The number of aliphatic hydroxyl groups is 3. The maximum absolute atomic E-state index is 9.67. The molecule has 0 aromatic heterocycles. The Hall–Kier alpha value is -0.460. The molecular formula is C10H18O5. The number of ether oxygens (including phenoxy) is 2. The lowest BCUT2D eigenvalue weighted by molar-refractivity contribution is -0.279. The lowest BCUT2D eigenvalue weighted by Crippen LogP contribution is -2.55. The maximum atomic E-state index is 9.67. The topological polar surface area (TPSA) is 79.2 Å². The van der Waals surface area contributed by atoms with Crippen molar-refractivity contribution in [2.24, 2.45) is 5.92 Å². The van der Waals surface area contributed by atoms with Crippen molar-refractivity contribution in [1.29, 1.82) is 0 Å². The molecular weight excluding hydrogens is 200 g/mol. The average molecular weight is 218 g/mol. The highest BCUT2D eigenvalue weighted by atomic mass is 16.7. The molecule has 0 aliphatic carbocycles. The van der Waals surface area contributed by atoms with E-state index in [0.29, 0.717) is 6.61 Å². The number of hydrogen-bond donors (Lipinski definition) is 3. The molecule has 1 heterocycles. The van der Waals surface area contributed by atoms with Crippen molar-refractivity contribution in [3.05, 3.63) is 12.7 Å². The molecule has 1 aliphatic rings. The Morgan fingerprint density at radius 3 is 2.60 bits per heavy atom. The van der Waals surface area contributed by atoms with E-state index >= 15 is 0 Å². The van der Waals surface area contributed by atoms with Crippen LogP contribution in [0.1, 0.15) is 6.92 Å². The van der Waals surface area contributed by atoms with Gasteiger partial charge in [-0.25, -0.2) is 0 Å². The van der Waals surface area contributed by atoms with Gasteiger partial charge in [0.1, 0.15) is 12.2 Å². The first-order valence-corrected chi connectivity index (χ1v) is 4.96. The van der Waals surface area contributed by atoms with Crippen LogP contribution >= 0.6 is 0 Å². The van der Waals surface area contributed by atoms with Gasteiger partial charge in [-0.2, -0.15) is 0 Å². The molecule has 3 N–H and O–H groups in total. The summed E-state index contributed by atoms with van der Waals surface area (Å²) < 4.78 is 10.6. The fourth-order valence-electron chi connectivity index (χ4n) is 1.57. The summed E-state index contributed by atoms with van der Waals surface area (Å²) in [4.78, 5) is 0. The van der Waals surface area contributed by atoms with Crippen LogP contribution in [-0.2, 0) is 9.47 Å². The molecule has 2 unspecified atom stereocenters. The minimum atomic E-state index is -1.08. The molecule has 5 heteroatoms. The molecule has 0 saturated carbocycles. The SMILES string of the molecule is C=CCO[C@H]1OC(CO)[C@H](O)[C@H](O)C1C. The Balaban J connectivity index is 2.60. The van der Waals surface area contributed by atoms with Gasteiger partial charge < -0.3 is 24.8 Å². The van der Waals surface area contributed by atoms with Gasteiger partial charge >= 0.3 is 0 Å². The molecule has 0 radical (unpaired) electrons. The van der Waals surface area contributed by atoms with Crippen molar-refractivity contribution in [2.45, 2.75) is 31.5 Å². The van der Waals surface area contributed by atoms with Crippen LogP contribution < -0.4 is 0 Å². The van der Waals surface area contributed by atoms with Crippen molar-refractivity contribution in [1.82, 2.24) is 0 Å². The summed E-state index contributed by atoms with van der Waals surface area (Å²) >= 11 is 0. The van der Waals surface area contributed by atoms with Crippen molar-refractivity contribution < 1.29 is 24.8 Å². The highest BCUT2D eigenvalue weighted by Gasteiger charge is 2.42. The van der Waals surface area contributed by atoms with Gasteiger partial charge in [0.2, 0.25) is 0 Å². The van der Waals surface area contributed by atoms with Gasteiger partial charge in [0.05, 0.1) is 19.3 Å². The zero-order valence-corrected chi connectivity index (χ0v) is 8.74. The third kappa shape index (κ3) is 2.76. The van der Waals surface area contributed by atoms with Gasteiger partial charge in [0.15, 0.2) is 6.29 Å². The second-order valence-corrected chi connectivity index (χ2v) is 3.69. The Kier molecular flexibility index (Phi) is 4.69. The Morgan fingerprint density at radius 1 is 1.40 bits per heavy atom. The molecule has 1 saturated heterocycles. The number of aliphatic hydroxyl groups excluding tert-OH is 3. The Bertz CT molecular complexity index is 206. The second-order valence-electron chi connectivity index (χ2n) is 3.69. The molecule has 0 aromatic rings. The fraction of sp³-hybridized carbons (Fsp3) is 0.800. The highest BCUT2D eigenvalue weighted by Crippen LogP contribution is 2.26. The predicted octanol–water partition coefficient (Wildman–Crippen LogP) is -0.736. The van der Waals surface area contributed by atoms with Crippen LogP contribution in [-0.4, -0.2) is 53.1 Å². The molecule has 0 spiro atoms. The first-order valence-electron chi connectivity index (χ1n) is 4.96. The number of hydrogen-bond acceptors (Lipinski definition) is 5. The summed E-state index contributed by atoms with van der Waals surface area (Å²) in [6.07, 6.45) is -1.88. The molecule has 1 rings (SSSR count). The largest absolute Gasteiger partial charge is 0.394 e. The lowest BCUT2D eigenvalue weighted by atomic mass is 9.92. The molecule has 1 fully saturated rings. The maximum Gasteiger partial charge on any atom is 0.163 e. The van der Waals surface area contributed by atoms with E-state index in [2.05, 4.69) is 6.58 Å². The summed E-state index contributed by atoms with van der Waals surface area (Å²) in [5.74, 6) is -0.345. The van der Waals surface area contributed by atoms with E-state index in [0.717, 1.165) is 0 Å². The minimum Gasteiger partial charge on any atom is -0.394 e. The van der Waals surface area contributed by atoms with Crippen molar-refractivity contribution in [2.75, 3.05) is 13.2 Å². The smallest absolute Gasteiger partial charge is 0.163 e. The summed E-state index contributed by atoms with van der Waals surface area (Å²) in [6.45, 7) is 5.17. The van der Waals surface area contributed by atoms with Crippen LogP contribution in [0.3, 0.4) is 0 Å². The van der Waals surface area contributed by atoms with Crippen LogP contribution in [0.2, 0.25) is 0 Å². The average Bonchev–Trinajstić information content (AvgIpc) is 2.25. The Morgan fingerprint density at radius 2 is 2.07 bits per heavy atom. The van der Waals surface area contributed by atoms with Crippen LogP contribution in [0.4, 0.5) is 0 Å². The zero-order valence-electron chi connectivity index (χ0n) is 8.74. The van der Waals surface area contributed by atoms with Gasteiger partial charge in [0.25, 0.3) is 0 Å². The fourth-order valence-corrected chi connectivity index (χ4v) is 1.57. The molecule has 88 valence electrons. The van der Waals surface area contributed by atoms with E-state index in [1.54, 1.807) is 13.0 Å². The molecule has 15 heavy (non-hydrogen) atoms. The summed E-state index contributed by atoms with van der Waals surface area (Å²) in [5.41, 5.74) is 0. The predicted molar refractivity (Wildman–Crippen MR) is 53.1 cm³/mol. The lowest BCUT2D eigenvalue weighted by Gasteiger charge is -2.40. The van der Waals surface area contributed by atoms with Crippen LogP contribution in [0.15, 0.2) is 12.7 Å². The van der Waals surface area contributed by atoms with Gasteiger partial charge in [-0.3, -0.25) is 0 Å². The standard InChI is InChI=1S/C10H18O5/c1-3-4-14-10-6(2)8(12)9(13)7(5-11)15-10/h3,6-13H,1,4-5H2,2H3/t6?,7?,8-,9+,10+/m1/s1. The monoisotopic (exact) mass is 218 g/mol. The molecule has 1 aliphatic heterocycles. The van der Waals surface area contributed by atoms with Crippen LogP contribution in [0.25, 0.3) is 0 Å². The number of rotatable bonds is 4. The third-order valence-corrected chi connectivity index (χ3v) is 2.57. The van der Waals surface area contributed by atoms with E-state index in [4.69, 9.17) is 14.6 Å². The van der Waals surface area contributed by atoms with E-state index < -0.39 is 24.6 Å². The molecule has 0 aromatic carbocycles. The van der Waals surface area contributed by atoms with E-state index in [1.807, 2.05) is 0 Å². The third-order valence-electron chi connectivity index (χ3n) is 2.57. The second kappa shape index (κ2) is 5.58. The first kappa shape index (κ1) is 12.6. The van der Waals surface area contributed by atoms with E-state index in [1.165, 1.54) is 0 Å². The van der Waals surface area contributed by atoms with Gasteiger partial charge in [-0.15, -0.1) is 6.58 Å². The van der Waals surface area contributed by atoms with Crippen LogP contribution in [0, 0.1) is 5.92 Å². The Labute approximate surface area is 88.9 Å². The van der Waals surface area contributed by atoms with Crippen molar-refractivity contribution >= 4 is 0 Å². The highest BCUT2D eigenvalue weighted by molar-refractivity contribution is 4.87. The molecule has 0 amide bonds. The van der Waals surface area contributed by atoms with Crippen molar-refractivity contribution in [3.63, 3.8) is 0 Å². The normalized spacial score (nSPS) is 41.5. The molecule has 5 atom stereocenters. The van der Waals surface area contributed by atoms with Crippen LogP contribution in [0.5, 0.6) is 0 Å². The van der Waals surface area contributed by atoms with E-state index in [9.17, 15) is 10.2 Å². The summed E-state index contributed by atoms with van der Waals surface area (Å²) in [6, 6.07) is 0. The van der Waals surface area contributed by atoms with E-state index in [-0.39, 0.29) is 12.5 Å². The van der Waals surface area contributed by atoms with Gasteiger partial charge in [-0.1, -0.05) is 13.0 Å². The van der Waals surface area contributed by atoms with Gasteiger partial charge in [0, 0.05) is 5.92 Å². The minimum absolute atomic E-state index is 0.302. The zero-order chi connectivity index (χ0) is 11.4. The first-order chi connectivity index (χ1) is 7.11. The summed E-state index contributed by atoms with van der Waals surface area (Å²) in [5, 5.41) is 28.1. The summed E-state index contributed by atoms with van der Waals surface area (Å²) in [7, 11) is 0. The quantitative estimate of drug-likeness (QED) is 0.542. The molecule has 5 nitrogen and oxygen atoms in total. The van der Waals surface area contributed by atoms with Crippen molar-refractivity contribution in [3.8, 4) is 0 Å². The van der Waals surface area contributed by atoms with Gasteiger partial charge in [-0.05, 0) is 0 Å².